The average Bonchev–Trinajstić information content (AvgIpc) is 3.23. The van der Waals surface area contributed by atoms with Gasteiger partial charge in [-0.3, -0.25) is 9.48 Å². The second-order valence-corrected chi connectivity index (χ2v) is 5.66. The number of carbonyl (C=O) groups is 1. The highest BCUT2D eigenvalue weighted by molar-refractivity contribution is 5.92. The molecule has 3 rings (SSSR count). The second-order valence-electron chi connectivity index (χ2n) is 5.66. The van der Waals surface area contributed by atoms with Crippen LogP contribution in [0, 0.1) is 12.7 Å². The van der Waals surface area contributed by atoms with E-state index in [1.165, 1.54) is 12.1 Å². The highest BCUT2D eigenvalue weighted by Crippen LogP contribution is 2.11. The third kappa shape index (κ3) is 4.10. The molecule has 2 N–H and O–H groups in total. The number of aliphatic hydroxyl groups excluding tert-OH is 1. The molecule has 0 saturated carbocycles. The zero-order valence-corrected chi connectivity index (χ0v) is 13.6. The molecule has 0 spiro atoms. The normalized spacial score (nSPS) is 10.8. The first kappa shape index (κ1) is 16.8. The van der Waals surface area contributed by atoms with Crippen molar-refractivity contribution in [3.05, 3.63) is 70.6 Å². The first-order chi connectivity index (χ1) is 12.0. The third-order valence-electron chi connectivity index (χ3n) is 3.61. The zero-order valence-electron chi connectivity index (χ0n) is 13.6. The van der Waals surface area contributed by atoms with Crippen molar-refractivity contribution in [3.8, 4) is 0 Å². The minimum Gasteiger partial charge on any atom is -0.392 e. The van der Waals surface area contributed by atoms with Gasteiger partial charge >= 0.3 is 0 Å². The van der Waals surface area contributed by atoms with Gasteiger partial charge in [-0.1, -0.05) is 11.2 Å². The van der Waals surface area contributed by atoms with Crippen molar-refractivity contribution >= 4 is 5.91 Å². The maximum absolute atomic E-state index is 13.3. The van der Waals surface area contributed by atoms with Gasteiger partial charge in [-0.15, -0.1) is 0 Å². The summed E-state index contributed by atoms with van der Waals surface area (Å²) in [7, 11) is 0. The van der Waals surface area contributed by atoms with Crippen LogP contribution in [0.5, 0.6) is 0 Å². The van der Waals surface area contributed by atoms with E-state index in [9.17, 15) is 9.18 Å². The number of halogens is 1. The van der Waals surface area contributed by atoms with E-state index in [-0.39, 0.29) is 17.8 Å². The van der Waals surface area contributed by atoms with E-state index in [1.54, 1.807) is 23.0 Å². The van der Waals surface area contributed by atoms with Crippen LogP contribution >= 0.6 is 0 Å². The summed E-state index contributed by atoms with van der Waals surface area (Å²) in [6.45, 7) is 2.10. The number of aliphatic hydroxyl groups is 1. The number of aromatic nitrogens is 3. The Morgan fingerprint density at radius 3 is 2.96 bits per heavy atom. The lowest BCUT2D eigenvalue weighted by Crippen LogP contribution is -2.23. The fourth-order valence-electron chi connectivity index (χ4n) is 2.34. The van der Waals surface area contributed by atoms with E-state index in [0.29, 0.717) is 17.9 Å². The molecule has 1 amide bonds. The SMILES string of the molecule is Cc1cnn(Cc2cc(C(=O)NCc3ccc(F)c(CO)c3)no2)c1. The summed E-state index contributed by atoms with van der Waals surface area (Å²) in [6, 6.07) is 5.86. The van der Waals surface area contributed by atoms with Crippen LogP contribution in [0.1, 0.15) is 32.9 Å². The van der Waals surface area contributed by atoms with Crippen LogP contribution in [0.4, 0.5) is 4.39 Å². The summed E-state index contributed by atoms with van der Waals surface area (Å²) < 4.78 is 20.2. The van der Waals surface area contributed by atoms with E-state index < -0.39 is 18.3 Å². The van der Waals surface area contributed by atoms with Gasteiger partial charge in [0.25, 0.3) is 5.91 Å². The second kappa shape index (κ2) is 7.27. The van der Waals surface area contributed by atoms with Crippen molar-refractivity contribution in [3.63, 3.8) is 0 Å². The minimum absolute atomic E-state index is 0.156. The molecule has 0 radical (unpaired) electrons. The van der Waals surface area contributed by atoms with Gasteiger partial charge in [-0.25, -0.2) is 4.39 Å². The smallest absolute Gasteiger partial charge is 0.273 e. The van der Waals surface area contributed by atoms with Crippen LogP contribution in [0.2, 0.25) is 0 Å². The average molecular weight is 344 g/mol. The number of hydrogen-bond donors (Lipinski definition) is 2. The Morgan fingerprint density at radius 1 is 1.40 bits per heavy atom. The van der Waals surface area contributed by atoms with Gasteiger partial charge in [-0.2, -0.15) is 5.10 Å². The first-order valence-electron chi connectivity index (χ1n) is 7.66. The van der Waals surface area contributed by atoms with Gasteiger partial charge in [0.2, 0.25) is 0 Å². The van der Waals surface area contributed by atoms with E-state index in [4.69, 9.17) is 9.63 Å². The number of hydrogen-bond acceptors (Lipinski definition) is 5. The molecule has 0 fully saturated rings. The Morgan fingerprint density at radius 2 is 2.24 bits per heavy atom. The minimum atomic E-state index is -0.479. The van der Waals surface area contributed by atoms with Crippen molar-refractivity contribution < 1.29 is 18.8 Å². The van der Waals surface area contributed by atoms with Gasteiger partial charge in [0.1, 0.15) is 12.4 Å². The van der Waals surface area contributed by atoms with Gasteiger partial charge in [0, 0.05) is 24.4 Å². The molecule has 8 heteroatoms. The predicted molar refractivity (Wildman–Crippen MR) is 86.1 cm³/mol. The molecule has 3 aromatic rings. The highest BCUT2D eigenvalue weighted by atomic mass is 19.1. The zero-order chi connectivity index (χ0) is 17.8. The van der Waals surface area contributed by atoms with Gasteiger partial charge in [0.15, 0.2) is 11.5 Å². The van der Waals surface area contributed by atoms with E-state index in [1.807, 2.05) is 13.1 Å². The summed E-state index contributed by atoms with van der Waals surface area (Å²) in [5.74, 6) is -0.369. The molecule has 1 aromatic carbocycles. The van der Waals surface area contributed by atoms with E-state index >= 15 is 0 Å². The van der Waals surface area contributed by atoms with Crippen LogP contribution in [0.25, 0.3) is 0 Å². The summed E-state index contributed by atoms with van der Waals surface area (Å²) in [6.07, 6.45) is 3.59. The molecule has 2 aromatic heterocycles. The van der Waals surface area contributed by atoms with E-state index in [0.717, 1.165) is 5.56 Å². The summed E-state index contributed by atoms with van der Waals surface area (Å²) in [4.78, 5) is 12.1. The number of rotatable bonds is 6. The molecule has 25 heavy (non-hydrogen) atoms. The lowest BCUT2D eigenvalue weighted by Gasteiger charge is -2.05. The number of nitrogens with zero attached hydrogens (tertiary/aromatic N) is 3. The van der Waals surface area contributed by atoms with Crippen LogP contribution in [0.15, 0.2) is 41.2 Å². The quantitative estimate of drug-likeness (QED) is 0.711. The van der Waals surface area contributed by atoms with Crippen molar-refractivity contribution in [1.82, 2.24) is 20.3 Å². The Labute approximate surface area is 143 Å². The fourth-order valence-corrected chi connectivity index (χ4v) is 2.34. The van der Waals surface area contributed by atoms with Crippen molar-refractivity contribution in [2.75, 3.05) is 0 Å². The Balaban J connectivity index is 1.60. The van der Waals surface area contributed by atoms with Crippen LogP contribution in [-0.2, 0) is 19.7 Å². The molecule has 130 valence electrons. The number of benzene rings is 1. The Hall–Kier alpha value is -3.00. The molecule has 0 aliphatic heterocycles. The Kier molecular flexibility index (Phi) is 4.90. The van der Waals surface area contributed by atoms with Crippen LogP contribution in [0.3, 0.4) is 0 Å². The van der Waals surface area contributed by atoms with Crippen LogP contribution in [-0.4, -0.2) is 26.0 Å². The molecule has 0 atom stereocenters. The van der Waals surface area contributed by atoms with Crippen molar-refractivity contribution in [2.24, 2.45) is 0 Å². The first-order valence-corrected chi connectivity index (χ1v) is 7.66. The molecule has 0 saturated heterocycles. The monoisotopic (exact) mass is 344 g/mol. The molecular weight excluding hydrogens is 327 g/mol. The summed E-state index contributed by atoms with van der Waals surface area (Å²) in [5, 5.41) is 19.6. The van der Waals surface area contributed by atoms with Crippen molar-refractivity contribution in [1.29, 1.82) is 0 Å². The molecule has 0 aliphatic rings. The summed E-state index contributed by atoms with van der Waals surface area (Å²) in [5.41, 5.74) is 2.04. The maximum Gasteiger partial charge on any atom is 0.273 e. The lowest BCUT2D eigenvalue weighted by molar-refractivity contribution is 0.0941. The molecule has 7 nitrogen and oxygen atoms in total. The standard InChI is InChI=1S/C17H17FN4O3/c1-11-6-20-22(8-11)9-14-5-16(21-25-14)17(24)19-7-12-2-3-15(18)13(4-12)10-23/h2-6,8,23H,7,9-10H2,1H3,(H,19,24). The lowest BCUT2D eigenvalue weighted by atomic mass is 10.1. The van der Waals surface area contributed by atoms with Crippen LogP contribution < -0.4 is 5.32 Å². The van der Waals surface area contributed by atoms with Gasteiger partial charge < -0.3 is 14.9 Å². The molecule has 0 unspecified atom stereocenters. The molecular formula is C17H17FN4O3. The van der Waals surface area contributed by atoms with Gasteiger partial charge in [0.05, 0.1) is 12.8 Å². The fraction of sp³-hybridized carbons (Fsp3) is 0.235. The highest BCUT2D eigenvalue weighted by Gasteiger charge is 2.13. The molecule has 0 bridgehead atoms. The number of amides is 1. The van der Waals surface area contributed by atoms with Gasteiger partial charge in [-0.05, 0) is 30.2 Å². The van der Waals surface area contributed by atoms with Crippen molar-refractivity contribution in [2.45, 2.75) is 26.6 Å². The molecule has 0 aliphatic carbocycles. The predicted octanol–water partition coefficient (Wildman–Crippen LogP) is 1.79. The topological polar surface area (TPSA) is 93.2 Å². The third-order valence-corrected chi connectivity index (χ3v) is 3.61. The number of carbonyl (C=O) groups excluding carboxylic acids is 1. The summed E-state index contributed by atoms with van der Waals surface area (Å²) >= 11 is 0. The molecule has 2 heterocycles. The number of aryl methyl sites for hydroxylation is 1. The Bertz CT molecular complexity index is 888. The van der Waals surface area contributed by atoms with E-state index in [2.05, 4.69) is 15.6 Å². The largest absolute Gasteiger partial charge is 0.392 e. The maximum atomic E-state index is 13.3. The number of nitrogens with one attached hydrogen (secondary N) is 1.